The maximum atomic E-state index is 12.8. The fourth-order valence-electron chi connectivity index (χ4n) is 5.25. The van der Waals surface area contributed by atoms with E-state index in [1.165, 1.54) is 0 Å². The zero-order valence-electron chi connectivity index (χ0n) is 22.7. The maximum Gasteiger partial charge on any atom is 0.249 e. The maximum absolute atomic E-state index is 12.8. The number of nitrogens with one attached hydrogen (secondary N) is 1. The Hall–Kier alpha value is -1.21. The van der Waals surface area contributed by atoms with Crippen molar-refractivity contribution in [3.05, 3.63) is 0 Å². The monoisotopic (exact) mass is 615 g/mol. The number of carbonyl (C=O) groups excluding carboxylic acids is 1. The Balaban J connectivity index is 1.85. The molecule has 18 N–H and O–H groups in total. The van der Waals surface area contributed by atoms with E-state index >= 15 is 0 Å². The van der Waals surface area contributed by atoms with Crippen LogP contribution in [0.4, 0.5) is 0 Å². The van der Waals surface area contributed by atoms with E-state index in [4.69, 9.17) is 47.0 Å². The van der Waals surface area contributed by atoms with Gasteiger partial charge in [-0.2, -0.15) is 0 Å². The molecule has 1 saturated carbocycles. The first-order chi connectivity index (χ1) is 19.7. The highest BCUT2D eigenvalue weighted by Gasteiger charge is 2.52. The van der Waals surface area contributed by atoms with Gasteiger partial charge in [-0.1, -0.05) is 0 Å². The number of hydrogen-bond donors (Lipinski definition) is 14. The molecule has 0 spiro atoms. The van der Waals surface area contributed by atoms with Crippen molar-refractivity contribution in [2.75, 3.05) is 19.8 Å². The predicted molar refractivity (Wildman–Crippen MR) is 137 cm³/mol. The van der Waals surface area contributed by atoms with Crippen molar-refractivity contribution in [1.29, 1.82) is 0 Å². The summed E-state index contributed by atoms with van der Waals surface area (Å²) in [7, 11) is 0. The number of aliphatic hydroxyl groups excluding tert-OH is 9. The molecule has 3 rings (SSSR count). The molecule has 1 amide bonds. The van der Waals surface area contributed by atoms with Gasteiger partial charge in [0.25, 0.3) is 0 Å². The van der Waals surface area contributed by atoms with Crippen molar-refractivity contribution >= 4 is 5.91 Å². The number of ether oxygens (including phenoxy) is 4. The molecule has 19 heteroatoms. The van der Waals surface area contributed by atoms with Crippen LogP contribution in [0.3, 0.4) is 0 Å². The Labute approximate surface area is 240 Å². The van der Waals surface area contributed by atoms with Crippen LogP contribution >= 0.6 is 0 Å². The van der Waals surface area contributed by atoms with Crippen LogP contribution in [0.1, 0.15) is 12.8 Å². The molecule has 0 bridgehead atoms. The third kappa shape index (κ3) is 7.71. The number of nitrogens with two attached hydrogens (primary N) is 4. The van der Waals surface area contributed by atoms with Crippen LogP contribution < -0.4 is 28.3 Å². The molecule has 19 nitrogen and oxygen atoms in total. The summed E-state index contributed by atoms with van der Waals surface area (Å²) in [6, 6.07) is -4.51. The van der Waals surface area contributed by atoms with Gasteiger partial charge in [0.1, 0.15) is 67.1 Å². The van der Waals surface area contributed by atoms with Gasteiger partial charge in [-0.25, -0.2) is 0 Å². The summed E-state index contributed by atoms with van der Waals surface area (Å²) >= 11 is 0. The molecule has 246 valence electrons. The number of amides is 1. The molecule has 0 radical (unpaired) electrons. The van der Waals surface area contributed by atoms with Crippen molar-refractivity contribution in [2.24, 2.45) is 22.9 Å². The average molecular weight is 616 g/mol. The van der Waals surface area contributed by atoms with Crippen LogP contribution in [0, 0.1) is 0 Å². The minimum Gasteiger partial charge on any atom is -0.395 e. The smallest absolute Gasteiger partial charge is 0.249 e. The standard InChI is InChI=1S/C23H45N5O14/c24-3-10-14(33)16(35)17(36)23(39-10)41-19-7(26)2-8(28-21(38)9(31)1-6(25)4-29)20(18(19)37)42-22-15(34)12(27)13(32)11(5-30)40-22/h6-20,22-23,29-37H,1-5,24-27H2,(H,28,38)/t6-,7-,8+,9+,10+,11-,12+,13-,14+,15-,16-,17+,18-,19+,20-,22-,23+/m0/s1. The molecule has 17 atom stereocenters. The first kappa shape index (κ1) is 35.3. The van der Waals surface area contributed by atoms with Crippen molar-refractivity contribution in [1.82, 2.24) is 5.32 Å². The Bertz CT molecular complexity index is 862. The Morgan fingerprint density at radius 2 is 1.45 bits per heavy atom. The van der Waals surface area contributed by atoms with E-state index in [1.54, 1.807) is 0 Å². The zero-order valence-corrected chi connectivity index (χ0v) is 22.7. The summed E-state index contributed by atoms with van der Waals surface area (Å²) < 4.78 is 22.5. The molecule has 2 aliphatic heterocycles. The first-order valence-electron chi connectivity index (χ1n) is 13.6. The highest BCUT2D eigenvalue weighted by molar-refractivity contribution is 5.80. The van der Waals surface area contributed by atoms with E-state index in [0.717, 1.165) is 0 Å². The van der Waals surface area contributed by atoms with E-state index in [-0.39, 0.29) is 19.4 Å². The van der Waals surface area contributed by atoms with Gasteiger partial charge in [0.15, 0.2) is 12.6 Å². The quantitative estimate of drug-likeness (QED) is 0.102. The summed E-state index contributed by atoms with van der Waals surface area (Å²) in [5, 5.41) is 94.3. The number of hydrogen-bond acceptors (Lipinski definition) is 18. The van der Waals surface area contributed by atoms with Gasteiger partial charge in [0.05, 0.1) is 25.3 Å². The van der Waals surface area contributed by atoms with Crippen molar-refractivity contribution in [3.8, 4) is 0 Å². The van der Waals surface area contributed by atoms with Gasteiger partial charge >= 0.3 is 0 Å². The van der Waals surface area contributed by atoms with Crippen molar-refractivity contribution < 1.29 is 69.7 Å². The molecule has 2 heterocycles. The summed E-state index contributed by atoms with van der Waals surface area (Å²) in [5.74, 6) is -0.948. The average Bonchev–Trinajstić information content (AvgIpc) is 2.96. The summed E-state index contributed by atoms with van der Waals surface area (Å²) in [6.45, 7) is -1.44. The van der Waals surface area contributed by atoms with Crippen LogP contribution in [0.5, 0.6) is 0 Å². The Morgan fingerprint density at radius 1 is 0.857 bits per heavy atom. The lowest BCUT2D eigenvalue weighted by Gasteiger charge is -2.49. The normalized spacial score (nSPS) is 46.2. The second-order valence-electron chi connectivity index (χ2n) is 10.9. The highest BCUT2D eigenvalue weighted by atomic mass is 16.7. The van der Waals surface area contributed by atoms with Crippen molar-refractivity contribution in [2.45, 2.75) is 117 Å². The molecule has 0 aromatic heterocycles. The Kier molecular flexibility index (Phi) is 12.8. The van der Waals surface area contributed by atoms with Gasteiger partial charge in [0.2, 0.25) is 5.91 Å². The minimum absolute atomic E-state index is 0.188. The van der Waals surface area contributed by atoms with E-state index in [1.807, 2.05) is 0 Å². The third-order valence-corrected chi connectivity index (χ3v) is 7.83. The predicted octanol–water partition coefficient (Wildman–Crippen LogP) is -9.06. The largest absolute Gasteiger partial charge is 0.395 e. The SMILES string of the molecule is NC[C@H]1O[C@H](O[C@H]2[C@H](O)[C@@H](O[C@@H]3O[C@@H](CO)[C@H](O)[C@@H](N)[C@@H]3O)[C@H](NC(=O)[C@H](O)C[C@H](N)CO)C[C@@H]2N)[C@H](O)[C@@H](O)[C@@H]1O. The molecule has 0 unspecified atom stereocenters. The van der Waals surface area contributed by atoms with Crippen LogP contribution in [0.15, 0.2) is 0 Å². The second-order valence-corrected chi connectivity index (χ2v) is 10.9. The second kappa shape index (κ2) is 15.2. The van der Waals surface area contributed by atoms with E-state index < -0.39 is 123 Å². The van der Waals surface area contributed by atoms with Crippen molar-refractivity contribution in [3.63, 3.8) is 0 Å². The van der Waals surface area contributed by atoms with Gasteiger partial charge in [-0.05, 0) is 12.8 Å². The van der Waals surface area contributed by atoms with Gasteiger partial charge < -0.3 is 93.2 Å². The lowest BCUT2D eigenvalue weighted by Crippen LogP contribution is -2.69. The zero-order chi connectivity index (χ0) is 31.5. The summed E-state index contributed by atoms with van der Waals surface area (Å²) in [5.41, 5.74) is 23.3. The first-order valence-corrected chi connectivity index (χ1v) is 13.6. The molecule has 2 saturated heterocycles. The molecule has 1 aliphatic carbocycles. The number of rotatable bonds is 11. The fourth-order valence-corrected chi connectivity index (χ4v) is 5.25. The minimum atomic E-state index is -1.78. The lowest BCUT2D eigenvalue weighted by atomic mass is 9.83. The van der Waals surface area contributed by atoms with E-state index in [2.05, 4.69) is 5.32 Å². The highest BCUT2D eigenvalue weighted by Crippen LogP contribution is 2.32. The van der Waals surface area contributed by atoms with Gasteiger partial charge in [0, 0.05) is 18.6 Å². The fraction of sp³-hybridized carbons (Fsp3) is 0.957. The lowest BCUT2D eigenvalue weighted by molar-refractivity contribution is -0.332. The molecule has 42 heavy (non-hydrogen) atoms. The molecular weight excluding hydrogens is 570 g/mol. The topological polar surface area (TPSA) is 352 Å². The van der Waals surface area contributed by atoms with E-state index in [0.29, 0.717) is 0 Å². The summed E-state index contributed by atoms with van der Waals surface area (Å²) in [6.07, 6.45) is -20.7. The van der Waals surface area contributed by atoms with Gasteiger partial charge in [-0.3, -0.25) is 4.79 Å². The molecule has 0 aromatic carbocycles. The molecule has 3 aliphatic rings. The van der Waals surface area contributed by atoms with Gasteiger partial charge in [-0.15, -0.1) is 0 Å². The number of carbonyl (C=O) groups is 1. The van der Waals surface area contributed by atoms with E-state index in [9.17, 15) is 45.6 Å². The van der Waals surface area contributed by atoms with Crippen LogP contribution in [0.25, 0.3) is 0 Å². The summed E-state index contributed by atoms with van der Waals surface area (Å²) in [4.78, 5) is 12.8. The molecule has 0 aromatic rings. The number of aliphatic hydroxyl groups is 9. The molecule has 3 fully saturated rings. The van der Waals surface area contributed by atoms with Crippen LogP contribution in [-0.4, -0.2) is 176 Å². The molecular formula is C23H45N5O14. The van der Waals surface area contributed by atoms with Crippen LogP contribution in [0.2, 0.25) is 0 Å². The van der Waals surface area contributed by atoms with Crippen LogP contribution in [-0.2, 0) is 23.7 Å². The Morgan fingerprint density at radius 3 is 2.05 bits per heavy atom. The third-order valence-electron chi connectivity index (χ3n) is 7.83.